The van der Waals surface area contributed by atoms with E-state index in [1.54, 1.807) is 18.3 Å². The second kappa shape index (κ2) is 8.83. The Morgan fingerprint density at radius 3 is 2.35 bits per heavy atom. The molecular weight excluding hydrogens is 393 g/mol. The second-order valence-electron chi connectivity index (χ2n) is 7.37. The smallest absolute Gasteiger partial charge is 0.280 e. The number of nitrogens with zero attached hydrogens (tertiary/aromatic N) is 2. The molecule has 0 radical (unpaired) electrons. The lowest BCUT2D eigenvalue weighted by Gasteiger charge is -2.08. The molecule has 3 aromatic carbocycles. The Morgan fingerprint density at radius 1 is 1.00 bits per heavy atom. The minimum atomic E-state index is -0.381. The van der Waals surface area contributed by atoms with Crippen molar-refractivity contribution in [2.45, 2.75) is 20.5 Å². The summed E-state index contributed by atoms with van der Waals surface area (Å²) >= 11 is 0. The van der Waals surface area contributed by atoms with Gasteiger partial charge in [-0.15, -0.1) is 0 Å². The summed E-state index contributed by atoms with van der Waals surface area (Å²) < 4.78 is 20.8. The zero-order valence-electron chi connectivity index (χ0n) is 17.3. The first-order valence-corrected chi connectivity index (χ1v) is 9.90. The number of ether oxygens (including phenoxy) is 1. The molecule has 0 spiro atoms. The molecule has 4 rings (SSSR count). The molecule has 6 heteroatoms. The third-order valence-corrected chi connectivity index (χ3v) is 4.70. The summed E-state index contributed by atoms with van der Waals surface area (Å²) in [6.45, 7) is 4.24. The van der Waals surface area contributed by atoms with E-state index in [0.29, 0.717) is 23.7 Å². The molecule has 0 aliphatic carbocycles. The maximum Gasteiger partial charge on any atom is 0.280 e. The number of carbonyl (C=O) groups is 1. The van der Waals surface area contributed by atoms with E-state index >= 15 is 0 Å². The van der Waals surface area contributed by atoms with Gasteiger partial charge in [-0.1, -0.05) is 36.4 Å². The van der Waals surface area contributed by atoms with E-state index in [-0.39, 0.29) is 17.4 Å². The topological polar surface area (TPSA) is 56.2 Å². The zero-order chi connectivity index (χ0) is 21.8. The molecule has 5 nitrogen and oxygen atoms in total. The van der Waals surface area contributed by atoms with Crippen molar-refractivity contribution in [3.8, 4) is 11.4 Å². The van der Waals surface area contributed by atoms with Crippen molar-refractivity contribution in [1.29, 1.82) is 0 Å². The number of carbonyl (C=O) groups excluding carboxylic acids is 1. The van der Waals surface area contributed by atoms with Gasteiger partial charge >= 0.3 is 0 Å². The van der Waals surface area contributed by atoms with Crippen molar-refractivity contribution in [3.63, 3.8) is 0 Å². The van der Waals surface area contributed by atoms with Crippen LogP contribution in [0.5, 0.6) is 5.75 Å². The second-order valence-corrected chi connectivity index (χ2v) is 7.37. The molecule has 0 saturated heterocycles. The number of anilines is 1. The lowest BCUT2D eigenvalue weighted by Crippen LogP contribution is -2.14. The van der Waals surface area contributed by atoms with Crippen LogP contribution in [0, 0.1) is 19.7 Å². The summed E-state index contributed by atoms with van der Waals surface area (Å²) in [4.78, 5) is 13.0. The molecule has 0 bridgehead atoms. The molecule has 31 heavy (non-hydrogen) atoms. The lowest BCUT2D eigenvalue weighted by atomic mass is 10.1. The van der Waals surface area contributed by atoms with Gasteiger partial charge in [0.25, 0.3) is 5.91 Å². The molecule has 0 unspecified atom stereocenters. The molecule has 0 atom stereocenters. The molecule has 0 aliphatic heterocycles. The number of amides is 1. The van der Waals surface area contributed by atoms with Gasteiger partial charge in [0.1, 0.15) is 12.4 Å². The quantitative estimate of drug-likeness (QED) is 0.455. The average molecular weight is 415 g/mol. The van der Waals surface area contributed by atoms with Crippen LogP contribution in [-0.2, 0) is 6.61 Å². The Morgan fingerprint density at radius 2 is 1.68 bits per heavy atom. The van der Waals surface area contributed by atoms with Crippen molar-refractivity contribution >= 4 is 11.6 Å². The first-order valence-electron chi connectivity index (χ1n) is 9.90. The summed E-state index contributed by atoms with van der Waals surface area (Å²) in [5.74, 6) is -0.381. The van der Waals surface area contributed by atoms with Gasteiger partial charge in [-0.25, -0.2) is 9.07 Å². The van der Waals surface area contributed by atoms with E-state index in [0.717, 1.165) is 16.7 Å². The van der Waals surface area contributed by atoms with Crippen LogP contribution in [0.4, 0.5) is 10.1 Å². The Hall–Kier alpha value is -3.93. The number of halogens is 1. The van der Waals surface area contributed by atoms with Crippen LogP contribution in [0.2, 0.25) is 0 Å². The van der Waals surface area contributed by atoms with E-state index in [1.165, 1.54) is 16.8 Å². The van der Waals surface area contributed by atoms with Crippen molar-refractivity contribution < 1.29 is 13.9 Å². The SMILES string of the molecule is Cc1cc(C)cc(NC(=O)c2nn(-c3ccc(F)cc3)cc2OCc2ccccc2)c1. The highest BCUT2D eigenvalue weighted by molar-refractivity contribution is 6.04. The average Bonchev–Trinajstić information content (AvgIpc) is 3.17. The predicted octanol–water partition coefficient (Wildman–Crippen LogP) is 5.46. The van der Waals surface area contributed by atoms with Gasteiger partial charge in [-0.3, -0.25) is 4.79 Å². The van der Waals surface area contributed by atoms with Gasteiger partial charge in [0.05, 0.1) is 11.9 Å². The van der Waals surface area contributed by atoms with Gasteiger partial charge in [0.15, 0.2) is 11.4 Å². The highest BCUT2D eigenvalue weighted by atomic mass is 19.1. The van der Waals surface area contributed by atoms with Gasteiger partial charge in [-0.2, -0.15) is 5.10 Å². The maximum absolute atomic E-state index is 13.3. The van der Waals surface area contributed by atoms with Crippen LogP contribution in [0.3, 0.4) is 0 Å². The van der Waals surface area contributed by atoms with Gasteiger partial charge in [-0.05, 0) is 66.9 Å². The Balaban J connectivity index is 1.64. The minimum Gasteiger partial charge on any atom is -0.485 e. The zero-order valence-corrected chi connectivity index (χ0v) is 17.3. The van der Waals surface area contributed by atoms with Crippen molar-refractivity contribution in [3.05, 3.63) is 107 Å². The Bertz CT molecular complexity index is 1180. The molecule has 0 fully saturated rings. The van der Waals surface area contributed by atoms with Gasteiger partial charge < -0.3 is 10.1 Å². The number of hydrogen-bond acceptors (Lipinski definition) is 3. The van der Waals surface area contributed by atoms with Crippen molar-refractivity contribution in [1.82, 2.24) is 9.78 Å². The number of aromatic nitrogens is 2. The maximum atomic E-state index is 13.3. The van der Waals surface area contributed by atoms with Crippen molar-refractivity contribution in [2.24, 2.45) is 0 Å². The van der Waals surface area contributed by atoms with Crippen LogP contribution in [-0.4, -0.2) is 15.7 Å². The Labute approximate surface area is 180 Å². The summed E-state index contributed by atoms with van der Waals surface area (Å²) in [7, 11) is 0. The molecule has 1 heterocycles. The lowest BCUT2D eigenvalue weighted by molar-refractivity contribution is 0.101. The van der Waals surface area contributed by atoms with Crippen LogP contribution in [0.1, 0.15) is 27.2 Å². The van der Waals surface area contributed by atoms with Crippen LogP contribution in [0.25, 0.3) is 5.69 Å². The van der Waals surface area contributed by atoms with E-state index in [2.05, 4.69) is 10.4 Å². The van der Waals surface area contributed by atoms with E-state index in [4.69, 9.17) is 4.74 Å². The largest absolute Gasteiger partial charge is 0.485 e. The number of rotatable bonds is 6. The van der Waals surface area contributed by atoms with Crippen LogP contribution < -0.4 is 10.1 Å². The van der Waals surface area contributed by atoms with E-state index in [1.807, 2.05) is 62.4 Å². The molecule has 1 amide bonds. The molecule has 0 aliphatic rings. The van der Waals surface area contributed by atoms with E-state index < -0.39 is 0 Å². The van der Waals surface area contributed by atoms with Crippen LogP contribution >= 0.6 is 0 Å². The summed E-state index contributed by atoms with van der Waals surface area (Å²) in [5.41, 5.74) is 4.53. The first-order chi connectivity index (χ1) is 15.0. The molecule has 4 aromatic rings. The minimum absolute atomic E-state index is 0.152. The molecule has 0 saturated carbocycles. The molecule has 1 aromatic heterocycles. The highest BCUT2D eigenvalue weighted by Crippen LogP contribution is 2.23. The number of nitrogens with one attached hydrogen (secondary N) is 1. The highest BCUT2D eigenvalue weighted by Gasteiger charge is 2.20. The van der Waals surface area contributed by atoms with Gasteiger partial charge in [0, 0.05) is 5.69 Å². The standard InChI is InChI=1S/C25H22FN3O2/c1-17-12-18(2)14-21(13-17)27-25(30)24-23(31-16-19-6-4-3-5-7-19)15-29(28-24)22-10-8-20(26)9-11-22/h3-15H,16H2,1-2H3,(H,27,30). The van der Waals surface area contributed by atoms with Crippen molar-refractivity contribution in [2.75, 3.05) is 5.32 Å². The number of benzene rings is 3. The normalized spacial score (nSPS) is 10.7. The summed E-state index contributed by atoms with van der Waals surface area (Å²) in [5, 5.41) is 7.32. The fraction of sp³-hybridized carbons (Fsp3) is 0.120. The Kier molecular flexibility index (Phi) is 5.80. The number of hydrogen-bond donors (Lipinski definition) is 1. The summed E-state index contributed by atoms with van der Waals surface area (Å²) in [6.07, 6.45) is 1.63. The fourth-order valence-corrected chi connectivity index (χ4v) is 3.32. The monoisotopic (exact) mass is 415 g/mol. The molecule has 156 valence electrons. The predicted molar refractivity (Wildman–Crippen MR) is 118 cm³/mol. The van der Waals surface area contributed by atoms with Crippen LogP contribution in [0.15, 0.2) is 79.0 Å². The van der Waals surface area contributed by atoms with Gasteiger partial charge in [0.2, 0.25) is 0 Å². The van der Waals surface area contributed by atoms with E-state index in [9.17, 15) is 9.18 Å². The summed E-state index contributed by atoms with van der Waals surface area (Å²) in [6, 6.07) is 21.4. The molecular formula is C25H22FN3O2. The molecule has 1 N–H and O–H groups in total. The third-order valence-electron chi connectivity index (χ3n) is 4.70. The third kappa shape index (κ3) is 4.98. The first kappa shape index (κ1) is 20.3. The number of aryl methyl sites for hydroxylation is 2. The fourth-order valence-electron chi connectivity index (χ4n) is 3.32.